The van der Waals surface area contributed by atoms with Crippen molar-refractivity contribution in [3.63, 3.8) is 0 Å². The van der Waals surface area contributed by atoms with E-state index in [1.54, 1.807) is 58.0 Å². The third-order valence-electron chi connectivity index (χ3n) is 4.98. The molecule has 0 radical (unpaired) electrons. The fourth-order valence-corrected chi connectivity index (χ4v) is 2.86. The average Bonchev–Trinajstić information content (AvgIpc) is 2.74. The summed E-state index contributed by atoms with van der Waals surface area (Å²) in [5.41, 5.74) is 6.53. The summed E-state index contributed by atoms with van der Waals surface area (Å²) in [4.78, 5) is 49.2. The van der Waals surface area contributed by atoms with E-state index in [0.717, 1.165) is 0 Å². The number of carbonyl (C=O) groups excluding carboxylic acids is 3. The molecule has 3 amide bonds. The zero-order chi connectivity index (χ0) is 24.4. The summed E-state index contributed by atoms with van der Waals surface area (Å²) in [6.07, 6.45) is 0.0335. The highest BCUT2D eigenvalue weighted by molar-refractivity contribution is 5.94. The zero-order valence-electron chi connectivity index (χ0n) is 18.9. The van der Waals surface area contributed by atoms with E-state index in [-0.39, 0.29) is 18.3 Å². The van der Waals surface area contributed by atoms with Crippen LogP contribution in [0.15, 0.2) is 30.3 Å². The molecule has 4 atom stereocenters. The van der Waals surface area contributed by atoms with Crippen LogP contribution in [-0.4, -0.2) is 64.7 Å². The van der Waals surface area contributed by atoms with Crippen molar-refractivity contribution in [3.05, 3.63) is 35.9 Å². The predicted molar refractivity (Wildman–Crippen MR) is 118 cm³/mol. The molecule has 1 aromatic rings. The molecule has 7 N–H and O–H groups in total. The van der Waals surface area contributed by atoms with Crippen LogP contribution in [0.3, 0.4) is 0 Å². The number of aliphatic carboxylic acids is 1. The molecule has 32 heavy (non-hydrogen) atoms. The Kier molecular flexibility index (Phi) is 10.8. The number of nitrogens with two attached hydrogens (primary N) is 1. The topological polar surface area (TPSA) is 171 Å². The van der Waals surface area contributed by atoms with Crippen molar-refractivity contribution in [2.75, 3.05) is 6.61 Å². The maximum absolute atomic E-state index is 12.7. The average molecular weight is 451 g/mol. The Labute approximate surface area is 187 Å². The Hall–Kier alpha value is -2.98. The highest BCUT2D eigenvalue weighted by Crippen LogP contribution is 2.07. The SMILES string of the molecule is CC(C)C(N)C(=O)NC(C(=O)NC(CO)C(=O)NC(Cc1ccccc1)C(=O)O)C(C)C. The van der Waals surface area contributed by atoms with E-state index in [0.29, 0.717) is 5.56 Å². The first kappa shape index (κ1) is 27.1. The lowest BCUT2D eigenvalue weighted by molar-refractivity contribution is -0.142. The maximum atomic E-state index is 12.7. The monoisotopic (exact) mass is 450 g/mol. The lowest BCUT2D eigenvalue weighted by Gasteiger charge is -2.27. The first-order chi connectivity index (χ1) is 15.0. The van der Waals surface area contributed by atoms with Crippen LogP contribution in [0.1, 0.15) is 33.3 Å². The van der Waals surface area contributed by atoms with Gasteiger partial charge in [0.1, 0.15) is 18.1 Å². The lowest BCUT2D eigenvalue weighted by Crippen LogP contribution is -2.59. The van der Waals surface area contributed by atoms with Gasteiger partial charge in [-0.1, -0.05) is 58.0 Å². The van der Waals surface area contributed by atoms with Gasteiger partial charge in [-0.2, -0.15) is 0 Å². The molecular weight excluding hydrogens is 416 g/mol. The Bertz CT molecular complexity index is 784. The Balaban J connectivity index is 2.84. The van der Waals surface area contributed by atoms with Gasteiger partial charge in [-0.25, -0.2) is 4.79 Å². The van der Waals surface area contributed by atoms with E-state index in [1.807, 2.05) is 0 Å². The second-order valence-electron chi connectivity index (χ2n) is 8.33. The molecule has 1 rings (SSSR count). The minimum Gasteiger partial charge on any atom is -0.480 e. The van der Waals surface area contributed by atoms with Gasteiger partial charge >= 0.3 is 5.97 Å². The number of nitrogens with one attached hydrogen (secondary N) is 3. The number of hydrogen-bond acceptors (Lipinski definition) is 6. The molecule has 0 heterocycles. The third kappa shape index (κ3) is 8.27. The summed E-state index contributed by atoms with van der Waals surface area (Å²) in [6, 6.07) is 4.29. The Morgan fingerprint density at radius 1 is 0.844 bits per heavy atom. The summed E-state index contributed by atoms with van der Waals surface area (Å²) in [5, 5.41) is 26.4. The number of aliphatic hydroxyl groups is 1. The molecule has 10 heteroatoms. The van der Waals surface area contributed by atoms with Gasteiger partial charge in [0.2, 0.25) is 17.7 Å². The molecule has 10 nitrogen and oxygen atoms in total. The molecule has 0 aliphatic heterocycles. The largest absolute Gasteiger partial charge is 0.480 e. The fraction of sp³-hybridized carbons (Fsp3) is 0.545. The van der Waals surface area contributed by atoms with Crippen LogP contribution < -0.4 is 21.7 Å². The standard InChI is InChI=1S/C22H34N4O6/c1-12(2)17(23)20(29)26-18(13(3)4)21(30)25-16(11-27)19(28)24-15(22(31)32)10-14-8-6-5-7-9-14/h5-9,12-13,15-18,27H,10-11,23H2,1-4H3,(H,24,28)(H,25,30)(H,26,29)(H,31,32). The van der Waals surface area contributed by atoms with Gasteiger partial charge in [-0.3, -0.25) is 14.4 Å². The highest BCUT2D eigenvalue weighted by Gasteiger charge is 2.31. The summed E-state index contributed by atoms with van der Waals surface area (Å²) in [7, 11) is 0. The molecule has 0 spiro atoms. The van der Waals surface area contributed by atoms with Gasteiger partial charge in [0.15, 0.2) is 0 Å². The van der Waals surface area contributed by atoms with E-state index in [2.05, 4.69) is 16.0 Å². The fourth-order valence-electron chi connectivity index (χ4n) is 2.86. The molecule has 0 saturated carbocycles. The number of hydrogen-bond donors (Lipinski definition) is 6. The second-order valence-corrected chi connectivity index (χ2v) is 8.33. The zero-order valence-corrected chi connectivity index (χ0v) is 18.9. The van der Waals surface area contributed by atoms with Gasteiger partial charge in [-0.15, -0.1) is 0 Å². The molecule has 0 aromatic heterocycles. The Morgan fingerprint density at radius 2 is 1.41 bits per heavy atom. The first-order valence-electron chi connectivity index (χ1n) is 10.5. The minimum atomic E-state index is -1.39. The van der Waals surface area contributed by atoms with E-state index in [9.17, 15) is 29.4 Å². The number of carboxylic acid groups (broad SMARTS) is 1. The number of amides is 3. The number of rotatable bonds is 12. The summed E-state index contributed by atoms with van der Waals surface area (Å²) < 4.78 is 0. The molecule has 0 aliphatic rings. The van der Waals surface area contributed by atoms with E-state index < -0.39 is 54.5 Å². The van der Waals surface area contributed by atoms with Crippen LogP contribution in [0.25, 0.3) is 0 Å². The minimum absolute atomic E-state index is 0.0335. The lowest BCUT2D eigenvalue weighted by atomic mass is 10.00. The summed E-state index contributed by atoms with van der Waals surface area (Å²) in [6.45, 7) is 6.21. The number of aliphatic hydroxyl groups excluding tert-OH is 1. The first-order valence-corrected chi connectivity index (χ1v) is 10.5. The van der Waals surface area contributed by atoms with Crippen molar-refractivity contribution in [2.24, 2.45) is 17.6 Å². The molecule has 4 unspecified atom stereocenters. The van der Waals surface area contributed by atoms with Crippen molar-refractivity contribution >= 4 is 23.7 Å². The third-order valence-corrected chi connectivity index (χ3v) is 4.98. The van der Waals surface area contributed by atoms with Crippen LogP contribution >= 0.6 is 0 Å². The van der Waals surface area contributed by atoms with Crippen LogP contribution in [-0.2, 0) is 25.6 Å². The number of carboxylic acids is 1. The van der Waals surface area contributed by atoms with Gasteiger partial charge in [0.25, 0.3) is 0 Å². The molecular formula is C22H34N4O6. The van der Waals surface area contributed by atoms with Gasteiger partial charge in [-0.05, 0) is 17.4 Å². The van der Waals surface area contributed by atoms with Crippen LogP contribution in [0.4, 0.5) is 0 Å². The van der Waals surface area contributed by atoms with Gasteiger partial charge in [0.05, 0.1) is 12.6 Å². The van der Waals surface area contributed by atoms with Crippen molar-refractivity contribution in [2.45, 2.75) is 58.3 Å². The van der Waals surface area contributed by atoms with Gasteiger partial charge < -0.3 is 31.9 Å². The number of benzene rings is 1. The molecule has 178 valence electrons. The van der Waals surface area contributed by atoms with Crippen molar-refractivity contribution in [1.29, 1.82) is 0 Å². The molecule has 0 saturated heterocycles. The van der Waals surface area contributed by atoms with Crippen LogP contribution in [0.2, 0.25) is 0 Å². The highest BCUT2D eigenvalue weighted by atomic mass is 16.4. The number of carbonyl (C=O) groups is 4. The molecule has 0 aliphatic carbocycles. The van der Waals surface area contributed by atoms with Crippen LogP contribution in [0.5, 0.6) is 0 Å². The Morgan fingerprint density at radius 3 is 1.88 bits per heavy atom. The second kappa shape index (κ2) is 12.8. The summed E-state index contributed by atoms with van der Waals surface area (Å²) >= 11 is 0. The molecule has 0 bridgehead atoms. The molecule has 0 fully saturated rings. The van der Waals surface area contributed by atoms with Crippen LogP contribution in [0, 0.1) is 11.8 Å². The maximum Gasteiger partial charge on any atom is 0.326 e. The molecule has 1 aromatic carbocycles. The van der Waals surface area contributed by atoms with Gasteiger partial charge in [0, 0.05) is 6.42 Å². The smallest absolute Gasteiger partial charge is 0.326 e. The van der Waals surface area contributed by atoms with Crippen molar-refractivity contribution in [1.82, 2.24) is 16.0 Å². The summed E-state index contributed by atoms with van der Waals surface area (Å²) in [5.74, 6) is -3.76. The van der Waals surface area contributed by atoms with E-state index >= 15 is 0 Å². The van der Waals surface area contributed by atoms with E-state index in [1.165, 1.54) is 0 Å². The van der Waals surface area contributed by atoms with Crippen molar-refractivity contribution < 1.29 is 29.4 Å². The van der Waals surface area contributed by atoms with Crippen molar-refractivity contribution in [3.8, 4) is 0 Å². The van der Waals surface area contributed by atoms with E-state index in [4.69, 9.17) is 5.73 Å². The quantitative estimate of drug-likeness (QED) is 0.247. The predicted octanol–water partition coefficient (Wildman–Crippen LogP) is -0.600. The normalized spacial score (nSPS) is 14.9.